The van der Waals surface area contributed by atoms with E-state index in [0.29, 0.717) is 23.1 Å². The van der Waals surface area contributed by atoms with Crippen LogP contribution in [0.1, 0.15) is 0 Å². The molecule has 4 heterocycles. The van der Waals surface area contributed by atoms with Gasteiger partial charge in [-0.1, -0.05) is 0 Å². The number of nitrogens with one attached hydrogen (secondary N) is 2. The molecule has 0 atom stereocenters. The maximum atomic E-state index is 11.7. The monoisotopic (exact) mass is 484 g/mol. The van der Waals surface area contributed by atoms with Crippen molar-refractivity contribution in [3.8, 4) is 11.6 Å². The lowest BCUT2D eigenvalue weighted by Crippen LogP contribution is -2.44. The van der Waals surface area contributed by atoms with Crippen LogP contribution in [0.3, 0.4) is 0 Å². The van der Waals surface area contributed by atoms with E-state index in [0.717, 1.165) is 47.5 Å². The minimum absolute atomic E-state index is 0.150. The van der Waals surface area contributed by atoms with E-state index >= 15 is 0 Å². The van der Waals surface area contributed by atoms with Gasteiger partial charge >= 0.3 is 0 Å². The second-order valence-corrected chi connectivity index (χ2v) is 9.54. The fraction of sp³-hybridized carbons (Fsp3) is 0.192. The van der Waals surface area contributed by atoms with Crippen LogP contribution in [0.4, 0.5) is 17.3 Å². The fourth-order valence-corrected chi connectivity index (χ4v) is 4.97. The summed E-state index contributed by atoms with van der Waals surface area (Å²) < 4.78 is 7.03. The number of rotatable bonds is 5. The van der Waals surface area contributed by atoms with E-state index < -0.39 is 0 Å². The highest BCUT2D eigenvalue weighted by Gasteiger charge is 2.15. The Kier molecular flexibility index (Phi) is 5.55. The topological polar surface area (TPSA) is 86.4 Å². The van der Waals surface area contributed by atoms with E-state index in [-0.39, 0.29) is 5.56 Å². The summed E-state index contributed by atoms with van der Waals surface area (Å²) in [7, 11) is 2.16. The third kappa shape index (κ3) is 4.55. The first-order valence-corrected chi connectivity index (χ1v) is 12.4. The third-order valence-electron chi connectivity index (χ3n) is 6.18. The highest BCUT2D eigenvalue weighted by molar-refractivity contribution is 7.17. The predicted octanol–water partition coefficient (Wildman–Crippen LogP) is 4.82. The van der Waals surface area contributed by atoms with Crippen LogP contribution in [-0.2, 0) is 0 Å². The first-order valence-electron chi connectivity index (χ1n) is 11.5. The Morgan fingerprint density at radius 2 is 1.77 bits per heavy atom. The quantitative estimate of drug-likeness (QED) is 0.370. The minimum atomic E-state index is -0.150. The number of nitrogens with zero attached hydrogens (tertiary/aromatic N) is 4. The largest absolute Gasteiger partial charge is 0.437 e. The van der Waals surface area contributed by atoms with E-state index in [2.05, 4.69) is 61.4 Å². The zero-order chi connectivity index (χ0) is 23.8. The van der Waals surface area contributed by atoms with Crippen molar-refractivity contribution < 1.29 is 4.74 Å². The van der Waals surface area contributed by atoms with Gasteiger partial charge in [0, 0.05) is 49.7 Å². The van der Waals surface area contributed by atoms with Crippen molar-refractivity contribution in [3.05, 3.63) is 76.4 Å². The minimum Gasteiger partial charge on any atom is -0.437 e. The standard InChI is InChI=1S/C26H24N6O2S/c1-31-11-13-32(14-12-31)19-6-4-18(5-7-19)27-26-29-21-10-15-35-24(21)25(30-26)34-20-8-2-17-3-9-23(33)28-22(17)16-20/h2-10,15-16H,11-14H2,1H3,(H,28,33)(H,27,29,30). The summed E-state index contributed by atoms with van der Waals surface area (Å²) in [5, 5.41) is 6.22. The molecule has 1 aliphatic heterocycles. The number of aromatic amines is 1. The molecule has 6 rings (SSSR count). The highest BCUT2D eigenvalue weighted by Crippen LogP contribution is 2.34. The third-order valence-corrected chi connectivity index (χ3v) is 7.07. The van der Waals surface area contributed by atoms with Gasteiger partial charge in [0.25, 0.3) is 0 Å². The Morgan fingerprint density at radius 1 is 0.971 bits per heavy atom. The number of H-pyrrole nitrogens is 1. The zero-order valence-corrected chi connectivity index (χ0v) is 20.0. The van der Waals surface area contributed by atoms with Gasteiger partial charge in [-0.3, -0.25) is 4.79 Å². The molecule has 0 amide bonds. The maximum absolute atomic E-state index is 11.7. The first kappa shape index (κ1) is 21.6. The van der Waals surface area contributed by atoms with Crippen molar-refractivity contribution in [2.75, 3.05) is 43.4 Å². The van der Waals surface area contributed by atoms with Gasteiger partial charge in [-0.25, -0.2) is 4.98 Å². The molecular weight excluding hydrogens is 460 g/mol. The number of fused-ring (bicyclic) bond motifs is 2. The molecule has 0 radical (unpaired) electrons. The number of hydrogen-bond acceptors (Lipinski definition) is 8. The summed E-state index contributed by atoms with van der Waals surface area (Å²) in [4.78, 5) is 28.6. The molecule has 2 N–H and O–H groups in total. The van der Waals surface area contributed by atoms with Crippen LogP contribution in [0.2, 0.25) is 0 Å². The number of ether oxygens (including phenoxy) is 1. The Bertz CT molecular complexity index is 1550. The summed E-state index contributed by atoms with van der Waals surface area (Å²) >= 11 is 1.53. The van der Waals surface area contributed by atoms with Gasteiger partial charge in [-0.05, 0) is 66.3 Å². The lowest BCUT2D eigenvalue weighted by Gasteiger charge is -2.34. The van der Waals surface area contributed by atoms with Gasteiger partial charge in [0.15, 0.2) is 0 Å². The van der Waals surface area contributed by atoms with Gasteiger partial charge in [0.05, 0.1) is 11.0 Å². The number of benzene rings is 2. The summed E-state index contributed by atoms with van der Waals surface area (Å²) in [5.74, 6) is 1.53. The van der Waals surface area contributed by atoms with E-state index in [4.69, 9.17) is 4.74 Å². The second-order valence-electron chi connectivity index (χ2n) is 8.62. The van der Waals surface area contributed by atoms with E-state index in [9.17, 15) is 4.79 Å². The molecule has 9 heteroatoms. The smallest absolute Gasteiger partial charge is 0.248 e. The van der Waals surface area contributed by atoms with Crippen LogP contribution in [0.5, 0.6) is 11.6 Å². The SMILES string of the molecule is CN1CCN(c2ccc(Nc3nc(Oc4ccc5ccc(=O)[nH]c5c4)c4sccc4n3)cc2)CC1. The van der Waals surface area contributed by atoms with Crippen molar-refractivity contribution in [1.29, 1.82) is 0 Å². The number of aromatic nitrogens is 3. The highest BCUT2D eigenvalue weighted by atomic mass is 32.1. The lowest BCUT2D eigenvalue weighted by atomic mass is 10.2. The molecular formula is C26H24N6O2S. The summed E-state index contributed by atoms with van der Waals surface area (Å²) in [5.41, 5.74) is 3.50. The maximum Gasteiger partial charge on any atom is 0.248 e. The Morgan fingerprint density at radius 3 is 2.60 bits per heavy atom. The second kappa shape index (κ2) is 9.01. The van der Waals surface area contributed by atoms with Crippen molar-refractivity contribution in [2.45, 2.75) is 0 Å². The molecule has 5 aromatic rings. The zero-order valence-electron chi connectivity index (χ0n) is 19.2. The van der Waals surface area contributed by atoms with Crippen LogP contribution in [-0.4, -0.2) is 53.1 Å². The van der Waals surface area contributed by atoms with Crippen molar-refractivity contribution >= 4 is 49.8 Å². The number of likely N-dealkylation sites (N-methyl/N-ethyl adjacent to an activating group) is 1. The lowest BCUT2D eigenvalue weighted by molar-refractivity contribution is 0.313. The average Bonchev–Trinajstić information content (AvgIpc) is 3.34. The number of thiophene rings is 1. The summed E-state index contributed by atoms with van der Waals surface area (Å²) in [6, 6.07) is 19.2. The first-order chi connectivity index (χ1) is 17.1. The van der Waals surface area contributed by atoms with E-state index in [1.165, 1.54) is 23.1 Å². The van der Waals surface area contributed by atoms with Crippen LogP contribution >= 0.6 is 11.3 Å². The Balaban J connectivity index is 1.25. The molecule has 2 aromatic carbocycles. The molecule has 0 bridgehead atoms. The Hall–Kier alpha value is -3.95. The number of piperazine rings is 1. The molecule has 1 saturated heterocycles. The Labute approximate surface area is 205 Å². The van der Waals surface area contributed by atoms with Gasteiger partial charge in [0.1, 0.15) is 10.4 Å². The number of hydrogen-bond donors (Lipinski definition) is 2. The molecule has 0 aliphatic carbocycles. The van der Waals surface area contributed by atoms with Crippen LogP contribution in [0, 0.1) is 0 Å². The summed E-state index contributed by atoms with van der Waals surface area (Å²) in [6.07, 6.45) is 0. The normalized spacial score (nSPS) is 14.5. The van der Waals surface area contributed by atoms with Crippen LogP contribution in [0.25, 0.3) is 21.1 Å². The molecule has 3 aromatic heterocycles. The molecule has 0 unspecified atom stereocenters. The van der Waals surface area contributed by atoms with Gasteiger partial charge in [-0.2, -0.15) is 4.98 Å². The number of anilines is 3. The molecule has 35 heavy (non-hydrogen) atoms. The molecule has 0 spiro atoms. The van der Waals surface area contributed by atoms with Crippen molar-refractivity contribution in [2.24, 2.45) is 0 Å². The molecule has 8 nitrogen and oxygen atoms in total. The van der Waals surface area contributed by atoms with Crippen molar-refractivity contribution in [3.63, 3.8) is 0 Å². The fourth-order valence-electron chi connectivity index (χ4n) is 4.21. The van der Waals surface area contributed by atoms with Gasteiger partial charge in [-0.15, -0.1) is 11.3 Å². The average molecular weight is 485 g/mol. The van der Waals surface area contributed by atoms with E-state index in [1.54, 1.807) is 6.07 Å². The van der Waals surface area contributed by atoms with Crippen molar-refractivity contribution in [1.82, 2.24) is 19.9 Å². The van der Waals surface area contributed by atoms with E-state index in [1.807, 2.05) is 29.6 Å². The van der Waals surface area contributed by atoms with Crippen LogP contribution < -0.4 is 20.5 Å². The molecule has 1 fully saturated rings. The van der Waals surface area contributed by atoms with Crippen LogP contribution in [0.15, 0.2) is 70.8 Å². The molecule has 1 aliphatic rings. The van der Waals surface area contributed by atoms with Gasteiger partial charge in [0.2, 0.25) is 17.4 Å². The summed E-state index contributed by atoms with van der Waals surface area (Å²) in [6.45, 7) is 4.21. The number of pyridine rings is 1. The molecule has 176 valence electrons. The molecule has 0 saturated carbocycles. The van der Waals surface area contributed by atoms with Gasteiger partial charge < -0.3 is 24.8 Å². The predicted molar refractivity (Wildman–Crippen MR) is 141 cm³/mol.